The summed E-state index contributed by atoms with van der Waals surface area (Å²) in [6, 6.07) is 4.02. The Morgan fingerprint density at radius 1 is 0.645 bits per heavy atom. The first-order chi connectivity index (χ1) is 15.2. The number of nitriles is 2. The predicted molar refractivity (Wildman–Crippen MR) is 132 cm³/mol. The molecular formula is C24H43N2O3PS. The Morgan fingerprint density at radius 2 is 1.06 bits per heavy atom. The van der Waals surface area contributed by atoms with Gasteiger partial charge in [-0.15, -0.1) is 0 Å². The molecule has 0 radical (unpaired) electrons. The van der Waals surface area contributed by atoms with Gasteiger partial charge in [-0.1, -0.05) is 76.9 Å². The Bertz CT molecular complexity index is 534. The second-order valence-electron chi connectivity index (χ2n) is 7.70. The first kappa shape index (κ1) is 30.2. The second kappa shape index (κ2) is 23.9. The highest BCUT2D eigenvalue weighted by molar-refractivity contribution is 8.07. The van der Waals surface area contributed by atoms with Gasteiger partial charge in [0, 0.05) is 0 Å². The lowest BCUT2D eigenvalue weighted by Crippen LogP contribution is -2.03. The van der Waals surface area contributed by atoms with Crippen molar-refractivity contribution in [3.63, 3.8) is 0 Å². The van der Waals surface area contributed by atoms with Gasteiger partial charge >= 0.3 is 6.72 Å². The van der Waals surface area contributed by atoms with Gasteiger partial charge in [-0.3, -0.25) is 0 Å². The largest absolute Gasteiger partial charge is 0.327 e. The van der Waals surface area contributed by atoms with E-state index >= 15 is 0 Å². The fourth-order valence-electron chi connectivity index (χ4n) is 3.04. The third-order valence-corrected chi connectivity index (χ3v) is 7.28. The zero-order valence-electron chi connectivity index (χ0n) is 19.6. The Balaban J connectivity index is 3.60. The molecule has 178 valence electrons. The van der Waals surface area contributed by atoms with Crippen LogP contribution >= 0.6 is 6.72 Å². The third-order valence-electron chi connectivity index (χ3n) is 4.83. The molecule has 0 aromatic heterocycles. The molecule has 0 heterocycles. The average Bonchev–Trinajstić information content (AvgIpc) is 2.76. The van der Waals surface area contributed by atoms with E-state index in [9.17, 15) is 0 Å². The first-order valence-corrected chi connectivity index (χ1v) is 14.7. The van der Waals surface area contributed by atoms with E-state index in [1.165, 1.54) is 77.0 Å². The highest BCUT2D eigenvalue weighted by Gasteiger charge is 2.20. The van der Waals surface area contributed by atoms with Gasteiger partial charge in [0.15, 0.2) is 0 Å². The van der Waals surface area contributed by atoms with E-state index in [2.05, 4.69) is 19.1 Å². The molecule has 31 heavy (non-hydrogen) atoms. The number of unbranched alkanes of at least 4 members (excludes halogenated alkanes) is 12. The quantitative estimate of drug-likeness (QED) is 0.0852. The monoisotopic (exact) mass is 470 g/mol. The van der Waals surface area contributed by atoms with Crippen molar-refractivity contribution in [3.05, 3.63) is 12.2 Å². The molecule has 0 saturated heterocycles. The number of hydrogen-bond acceptors (Lipinski definition) is 6. The smallest absolute Gasteiger partial charge is 0.309 e. The molecule has 0 fully saturated rings. The van der Waals surface area contributed by atoms with Crippen molar-refractivity contribution in [2.75, 3.05) is 19.8 Å². The molecule has 7 heteroatoms. The topological polar surface area (TPSA) is 75.3 Å². The highest BCUT2D eigenvalue weighted by Crippen LogP contribution is 2.50. The summed E-state index contributed by atoms with van der Waals surface area (Å²) in [5.74, 6) is 0. The average molecular weight is 471 g/mol. The van der Waals surface area contributed by atoms with E-state index in [0.29, 0.717) is 6.61 Å². The SMILES string of the molecule is CCCCCCCC/C=C/CCCCCCCCOP(=S)(OCCC#N)OCCC#N. The Morgan fingerprint density at radius 3 is 1.55 bits per heavy atom. The van der Waals surface area contributed by atoms with Crippen molar-refractivity contribution in [3.8, 4) is 12.1 Å². The lowest BCUT2D eigenvalue weighted by molar-refractivity contribution is 0.158. The molecular weight excluding hydrogens is 427 g/mol. The van der Waals surface area contributed by atoms with Gasteiger partial charge in [0.1, 0.15) is 0 Å². The minimum atomic E-state index is -2.85. The lowest BCUT2D eigenvalue weighted by atomic mass is 10.1. The van der Waals surface area contributed by atoms with Crippen LogP contribution in [0.2, 0.25) is 0 Å². The maximum Gasteiger partial charge on any atom is 0.327 e. The number of hydrogen-bond donors (Lipinski definition) is 0. The summed E-state index contributed by atoms with van der Waals surface area (Å²) in [5.41, 5.74) is 0. The standard InChI is InChI=1S/C24H43N2O3PS/c1-2-3-4-5-6-7-8-9-10-11-12-13-14-15-16-17-22-27-30(31,28-23-18-20-25)29-24-19-21-26/h9-10H,2-8,11-19,22-24H2,1H3/b10-9+. The van der Waals surface area contributed by atoms with Gasteiger partial charge in [-0.2, -0.15) is 10.5 Å². The zero-order chi connectivity index (χ0) is 22.9. The van der Waals surface area contributed by atoms with Crippen LogP contribution in [0.4, 0.5) is 0 Å². The molecule has 0 unspecified atom stereocenters. The number of nitrogens with zero attached hydrogens (tertiary/aromatic N) is 2. The lowest BCUT2D eigenvalue weighted by Gasteiger charge is -2.21. The van der Waals surface area contributed by atoms with Crippen LogP contribution in [0.25, 0.3) is 0 Å². The Labute approximate surface area is 196 Å². The van der Waals surface area contributed by atoms with Crippen molar-refractivity contribution in [1.82, 2.24) is 0 Å². The van der Waals surface area contributed by atoms with Crippen LogP contribution in [0.3, 0.4) is 0 Å². The zero-order valence-corrected chi connectivity index (χ0v) is 21.3. The van der Waals surface area contributed by atoms with E-state index in [1.54, 1.807) is 0 Å². The van der Waals surface area contributed by atoms with Gasteiger partial charge in [0.05, 0.1) is 44.8 Å². The van der Waals surface area contributed by atoms with Gasteiger partial charge in [-0.25, -0.2) is 0 Å². The molecule has 0 rings (SSSR count). The van der Waals surface area contributed by atoms with Gasteiger partial charge < -0.3 is 13.6 Å². The normalized spacial score (nSPS) is 11.6. The summed E-state index contributed by atoms with van der Waals surface area (Å²) < 4.78 is 16.7. The van der Waals surface area contributed by atoms with Gasteiger partial charge in [-0.05, 0) is 43.9 Å². The summed E-state index contributed by atoms with van der Waals surface area (Å²) in [5, 5.41) is 17.3. The molecule has 0 aliphatic rings. The fraction of sp³-hybridized carbons (Fsp3) is 0.833. The van der Waals surface area contributed by atoms with E-state index in [4.69, 9.17) is 35.9 Å². The van der Waals surface area contributed by atoms with E-state index in [0.717, 1.165) is 12.8 Å². The summed E-state index contributed by atoms with van der Waals surface area (Å²) in [4.78, 5) is 0. The Kier molecular flexibility index (Phi) is 23.3. The summed E-state index contributed by atoms with van der Waals surface area (Å²) >= 11 is 5.36. The predicted octanol–water partition coefficient (Wildman–Crippen LogP) is 8.13. The fourth-order valence-corrected chi connectivity index (χ4v) is 4.92. The molecule has 5 nitrogen and oxygen atoms in total. The molecule has 0 aliphatic carbocycles. The van der Waals surface area contributed by atoms with Crippen molar-refractivity contribution >= 4 is 18.5 Å². The molecule has 0 aromatic carbocycles. The van der Waals surface area contributed by atoms with E-state index in [1.807, 2.05) is 12.1 Å². The van der Waals surface area contributed by atoms with Crippen LogP contribution in [-0.2, 0) is 25.4 Å². The van der Waals surface area contributed by atoms with Crippen LogP contribution < -0.4 is 0 Å². The maximum absolute atomic E-state index is 8.63. The molecule has 0 amide bonds. The van der Waals surface area contributed by atoms with Crippen LogP contribution in [0, 0.1) is 22.7 Å². The van der Waals surface area contributed by atoms with Crippen LogP contribution in [0.1, 0.15) is 110 Å². The minimum Gasteiger partial charge on any atom is -0.309 e. The highest BCUT2D eigenvalue weighted by atomic mass is 32.5. The second-order valence-corrected chi connectivity index (χ2v) is 10.7. The van der Waals surface area contributed by atoms with E-state index in [-0.39, 0.29) is 26.1 Å². The molecule has 0 aliphatic heterocycles. The van der Waals surface area contributed by atoms with Crippen molar-refractivity contribution in [2.45, 2.75) is 110 Å². The van der Waals surface area contributed by atoms with Gasteiger partial charge in [0.25, 0.3) is 0 Å². The van der Waals surface area contributed by atoms with Crippen LogP contribution in [0.5, 0.6) is 0 Å². The molecule has 0 aromatic rings. The number of rotatable bonds is 23. The van der Waals surface area contributed by atoms with Crippen LogP contribution in [-0.4, -0.2) is 19.8 Å². The van der Waals surface area contributed by atoms with E-state index < -0.39 is 6.72 Å². The Hall–Kier alpha value is -0.750. The summed E-state index contributed by atoms with van der Waals surface area (Å²) in [7, 11) is 0. The third kappa shape index (κ3) is 22.2. The summed E-state index contributed by atoms with van der Waals surface area (Å²) in [6.07, 6.45) is 22.8. The van der Waals surface area contributed by atoms with Crippen molar-refractivity contribution in [2.24, 2.45) is 0 Å². The molecule has 0 bridgehead atoms. The molecule has 0 atom stereocenters. The van der Waals surface area contributed by atoms with Gasteiger partial charge in [0.2, 0.25) is 0 Å². The molecule has 0 saturated carbocycles. The van der Waals surface area contributed by atoms with Crippen molar-refractivity contribution < 1.29 is 13.6 Å². The molecule has 0 spiro atoms. The number of allylic oxidation sites excluding steroid dienone is 2. The molecule has 0 N–H and O–H groups in total. The first-order valence-electron chi connectivity index (χ1n) is 12.1. The van der Waals surface area contributed by atoms with Crippen LogP contribution in [0.15, 0.2) is 12.2 Å². The minimum absolute atomic E-state index is 0.202. The maximum atomic E-state index is 8.63. The van der Waals surface area contributed by atoms with Crippen molar-refractivity contribution in [1.29, 1.82) is 10.5 Å². The summed E-state index contributed by atoms with van der Waals surface area (Å²) in [6.45, 7) is 0.319.